The fraction of sp³-hybridized carbons (Fsp3) is 0.150. The Morgan fingerprint density at radius 1 is 1.09 bits per heavy atom. The Hall–Kier alpha value is -4.61. The van der Waals surface area contributed by atoms with Gasteiger partial charge in [-0.1, -0.05) is 0 Å². The van der Waals surface area contributed by atoms with Crippen LogP contribution in [0.3, 0.4) is 0 Å². The molecule has 3 aromatic rings. The first-order chi connectivity index (χ1) is 15.3. The number of anilines is 1. The highest BCUT2D eigenvalue weighted by molar-refractivity contribution is 5.95. The van der Waals surface area contributed by atoms with Crippen molar-refractivity contribution in [1.82, 2.24) is 20.2 Å². The summed E-state index contributed by atoms with van der Waals surface area (Å²) in [5, 5.41) is 8.05. The number of benzene rings is 1. The molecule has 32 heavy (non-hydrogen) atoms. The molecular weight excluding hydrogens is 418 g/mol. The first-order valence-electron chi connectivity index (χ1n) is 9.39. The lowest BCUT2D eigenvalue weighted by molar-refractivity contribution is -0.124. The van der Waals surface area contributed by atoms with E-state index >= 15 is 0 Å². The number of hydrogen-bond acceptors (Lipinski definition) is 6. The van der Waals surface area contributed by atoms with Gasteiger partial charge in [-0.05, 0) is 30.3 Å². The van der Waals surface area contributed by atoms with Gasteiger partial charge in [-0.2, -0.15) is 0 Å². The molecule has 2 aromatic heterocycles. The van der Waals surface area contributed by atoms with E-state index in [-0.39, 0.29) is 11.8 Å². The lowest BCUT2D eigenvalue weighted by Gasteiger charge is -2.14. The molecule has 3 rings (SSSR count). The highest BCUT2D eigenvalue weighted by Gasteiger charge is 2.20. The molecule has 0 aliphatic heterocycles. The van der Waals surface area contributed by atoms with Gasteiger partial charge in [-0.15, -0.1) is 0 Å². The molecule has 1 atom stereocenters. The lowest BCUT2D eigenvalue weighted by atomic mass is 10.2. The van der Waals surface area contributed by atoms with Crippen LogP contribution in [0.15, 0.2) is 48.8 Å². The monoisotopic (exact) mass is 439 g/mol. The average molecular weight is 439 g/mol. The van der Waals surface area contributed by atoms with Crippen molar-refractivity contribution in [2.75, 3.05) is 12.4 Å². The van der Waals surface area contributed by atoms with E-state index in [1.807, 2.05) is 0 Å². The summed E-state index contributed by atoms with van der Waals surface area (Å²) in [5.74, 6) is -0.669. The van der Waals surface area contributed by atoms with Crippen LogP contribution in [0.5, 0.6) is 11.5 Å². The van der Waals surface area contributed by atoms with Crippen LogP contribution in [-0.4, -0.2) is 46.5 Å². The van der Waals surface area contributed by atoms with Gasteiger partial charge in [-0.25, -0.2) is 14.6 Å². The van der Waals surface area contributed by atoms with Crippen molar-refractivity contribution in [3.05, 3.63) is 48.8 Å². The number of nitrogens with two attached hydrogens (primary N) is 2. The second-order valence-corrected chi connectivity index (χ2v) is 6.66. The number of hydrogen-bond donors (Lipinski definition) is 5. The molecule has 0 aliphatic carbocycles. The maximum Gasteiger partial charge on any atom is 0.325 e. The lowest BCUT2D eigenvalue weighted by Crippen LogP contribution is -2.48. The SMILES string of the molecule is CNC(=O)n1ccc2cc(Oc3ccnc(NC(=O)N[C@@H](CC(N)=O)C(N)=O)c3)ccc21. The Bertz CT molecular complexity index is 1190. The zero-order valence-electron chi connectivity index (χ0n) is 17.0. The number of carbonyl (C=O) groups is 4. The van der Waals surface area contributed by atoms with Crippen molar-refractivity contribution >= 4 is 40.6 Å². The molecule has 0 unspecified atom stereocenters. The fourth-order valence-electron chi connectivity index (χ4n) is 2.90. The molecule has 12 heteroatoms. The first-order valence-corrected chi connectivity index (χ1v) is 9.39. The number of pyridine rings is 1. The summed E-state index contributed by atoms with van der Waals surface area (Å²) < 4.78 is 7.30. The second-order valence-electron chi connectivity index (χ2n) is 6.66. The minimum absolute atomic E-state index is 0.133. The molecule has 7 N–H and O–H groups in total. The van der Waals surface area contributed by atoms with Crippen LogP contribution in [0.25, 0.3) is 10.9 Å². The van der Waals surface area contributed by atoms with Crippen LogP contribution in [0.2, 0.25) is 0 Å². The Morgan fingerprint density at radius 2 is 1.84 bits per heavy atom. The minimum Gasteiger partial charge on any atom is -0.457 e. The molecule has 0 saturated carbocycles. The number of urea groups is 1. The molecule has 2 heterocycles. The molecule has 0 spiro atoms. The van der Waals surface area contributed by atoms with Crippen LogP contribution in [0.4, 0.5) is 15.4 Å². The summed E-state index contributed by atoms with van der Waals surface area (Å²) in [6, 6.07) is 7.73. The van der Waals surface area contributed by atoms with Gasteiger partial charge in [0.1, 0.15) is 23.4 Å². The van der Waals surface area contributed by atoms with E-state index in [1.54, 1.807) is 43.6 Å². The topological polar surface area (TPSA) is 183 Å². The molecule has 0 fully saturated rings. The van der Waals surface area contributed by atoms with Gasteiger partial charge < -0.3 is 26.8 Å². The summed E-state index contributed by atoms with van der Waals surface area (Å²) >= 11 is 0. The number of ether oxygens (including phenoxy) is 1. The maximum absolute atomic E-state index is 12.1. The standard InChI is InChI=1S/C20H21N7O5/c1-23-20(31)27-7-5-11-8-12(2-3-15(11)27)32-13-4-6-24-17(9-13)26-19(30)25-14(18(22)29)10-16(21)28/h2-9,14H,10H2,1H3,(H2,21,28)(H2,22,29)(H,23,31)(H2,24,25,26,30)/t14-/m0/s1. The summed E-state index contributed by atoms with van der Waals surface area (Å²) in [7, 11) is 1.55. The van der Waals surface area contributed by atoms with Crippen molar-refractivity contribution in [3.63, 3.8) is 0 Å². The van der Waals surface area contributed by atoms with Crippen LogP contribution in [0.1, 0.15) is 6.42 Å². The second kappa shape index (κ2) is 9.47. The fourth-order valence-corrected chi connectivity index (χ4v) is 2.90. The summed E-state index contributed by atoms with van der Waals surface area (Å²) in [6.45, 7) is 0. The average Bonchev–Trinajstić information content (AvgIpc) is 3.15. The molecule has 0 aliphatic rings. The molecule has 0 radical (unpaired) electrons. The van der Waals surface area contributed by atoms with Crippen molar-refractivity contribution in [2.45, 2.75) is 12.5 Å². The number of amides is 5. The van der Waals surface area contributed by atoms with Gasteiger partial charge in [0.2, 0.25) is 11.8 Å². The van der Waals surface area contributed by atoms with Gasteiger partial charge in [0.25, 0.3) is 0 Å². The van der Waals surface area contributed by atoms with E-state index in [2.05, 4.69) is 20.9 Å². The molecule has 166 valence electrons. The third-order valence-electron chi connectivity index (χ3n) is 4.36. The van der Waals surface area contributed by atoms with Crippen LogP contribution < -0.4 is 32.2 Å². The largest absolute Gasteiger partial charge is 0.457 e. The highest BCUT2D eigenvalue weighted by atomic mass is 16.5. The smallest absolute Gasteiger partial charge is 0.325 e. The molecule has 1 aromatic carbocycles. The third-order valence-corrected chi connectivity index (χ3v) is 4.36. The minimum atomic E-state index is -1.25. The Balaban J connectivity index is 1.69. The van der Waals surface area contributed by atoms with Gasteiger partial charge in [0, 0.05) is 30.9 Å². The molecule has 0 bridgehead atoms. The van der Waals surface area contributed by atoms with Gasteiger partial charge >= 0.3 is 12.1 Å². The molecule has 5 amide bonds. The zero-order valence-corrected chi connectivity index (χ0v) is 17.0. The molecule has 0 saturated heterocycles. The zero-order chi connectivity index (χ0) is 23.3. The number of nitrogens with zero attached hydrogens (tertiary/aromatic N) is 2. The van der Waals surface area contributed by atoms with E-state index in [1.165, 1.54) is 16.8 Å². The number of carbonyl (C=O) groups excluding carboxylic acids is 4. The van der Waals surface area contributed by atoms with Crippen LogP contribution in [-0.2, 0) is 9.59 Å². The predicted octanol–water partition coefficient (Wildman–Crippen LogP) is 0.867. The Morgan fingerprint density at radius 3 is 2.53 bits per heavy atom. The number of rotatable bonds is 7. The number of primary amides is 2. The Kier molecular flexibility index (Phi) is 6.53. The van der Waals surface area contributed by atoms with Gasteiger partial charge in [-0.3, -0.25) is 19.5 Å². The highest BCUT2D eigenvalue weighted by Crippen LogP contribution is 2.27. The van der Waals surface area contributed by atoms with Crippen molar-refractivity contribution in [1.29, 1.82) is 0 Å². The predicted molar refractivity (Wildman–Crippen MR) is 115 cm³/mol. The summed E-state index contributed by atoms with van der Waals surface area (Å²) in [5.41, 5.74) is 10.9. The third kappa shape index (κ3) is 5.30. The van der Waals surface area contributed by atoms with Gasteiger partial charge in [0.15, 0.2) is 0 Å². The number of aromatic nitrogens is 2. The van der Waals surface area contributed by atoms with Gasteiger partial charge in [0.05, 0.1) is 11.9 Å². The molecule has 12 nitrogen and oxygen atoms in total. The van der Waals surface area contributed by atoms with E-state index in [9.17, 15) is 19.2 Å². The Labute approximate surface area is 181 Å². The number of nitrogens with one attached hydrogen (secondary N) is 3. The van der Waals surface area contributed by atoms with Crippen LogP contribution >= 0.6 is 0 Å². The van der Waals surface area contributed by atoms with E-state index in [4.69, 9.17) is 16.2 Å². The van der Waals surface area contributed by atoms with Crippen molar-refractivity contribution in [3.8, 4) is 11.5 Å². The first kappa shape index (κ1) is 22.1. The summed E-state index contributed by atoms with van der Waals surface area (Å²) in [6.07, 6.45) is 2.64. The quantitative estimate of drug-likeness (QED) is 0.364. The number of fused-ring (bicyclic) bond motifs is 1. The van der Waals surface area contributed by atoms with E-state index < -0.39 is 30.3 Å². The van der Waals surface area contributed by atoms with E-state index in [0.29, 0.717) is 17.0 Å². The summed E-state index contributed by atoms with van der Waals surface area (Å²) in [4.78, 5) is 50.3. The maximum atomic E-state index is 12.1. The van der Waals surface area contributed by atoms with Crippen molar-refractivity contribution in [2.24, 2.45) is 11.5 Å². The van der Waals surface area contributed by atoms with E-state index in [0.717, 1.165) is 5.39 Å². The van der Waals surface area contributed by atoms with Crippen molar-refractivity contribution < 1.29 is 23.9 Å². The normalized spacial score (nSPS) is 11.4. The molecular formula is C20H21N7O5. The van der Waals surface area contributed by atoms with Crippen LogP contribution in [0, 0.1) is 0 Å².